The molecule has 0 spiro atoms. The van der Waals surface area contributed by atoms with Crippen molar-refractivity contribution in [2.45, 2.75) is 43.9 Å². The average molecular weight is 227 g/mol. The maximum absolute atomic E-state index is 11.3. The Hall–Kier alpha value is -0.770. The van der Waals surface area contributed by atoms with E-state index in [1.165, 1.54) is 6.42 Å². The molecule has 0 radical (unpaired) electrons. The molecule has 4 heteroatoms. The molecule has 1 rings (SSSR count). The van der Waals surface area contributed by atoms with Crippen molar-refractivity contribution in [1.29, 1.82) is 0 Å². The molecule has 2 atom stereocenters. The minimum atomic E-state index is -0.359. The van der Waals surface area contributed by atoms with E-state index in [1.807, 2.05) is 0 Å². The van der Waals surface area contributed by atoms with Gasteiger partial charge >= 0.3 is 0 Å². The Morgan fingerprint density at radius 1 is 1.60 bits per heavy atom. The van der Waals surface area contributed by atoms with Crippen molar-refractivity contribution >= 4 is 23.8 Å². The van der Waals surface area contributed by atoms with Gasteiger partial charge in [0.15, 0.2) is 6.29 Å². The quantitative estimate of drug-likeness (QED) is 0.427. The standard InChI is InChI=1S/C11H17NO2S/c1-3-4-5-6-10-11(9(14)7-13)12-8(2)15-10/h7,10-12H,2-6H2,1H3. The van der Waals surface area contributed by atoms with Gasteiger partial charge in [0.05, 0.1) is 5.03 Å². The van der Waals surface area contributed by atoms with Crippen molar-refractivity contribution in [1.82, 2.24) is 5.32 Å². The minimum absolute atomic E-state index is 0.182. The maximum atomic E-state index is 11.3. The number of hydrogen-bond donors (Lipinski definition) is 1. The number of aldehydes is 1. The summed E-state index contributed by atoms with van der Waals surface area (Å²) in [5.41, 5.74) is 0. The van der Waals surface area contributed by atoms with Crippen LogP contribution in [0.3, 0.4) is 0 Å². The van der Waals surface area contributed by atoms with Gasteiger partial charge in [-0.2, -0.15) is 0 Å². The molecular weight excluding hydrogens is 210 g/mol. The lowest BCUT2D eigenvalue weighted by atomic mass is 10.0. The zero-order valence-corrected chi connectivity index (χ0v) is 9.81. The summed E-state index contributed by atoms with van der Waals surface area (Å²) in [4.78, 5) is 21.8. The second-order valence-corrected chi connectivity index (χ2v) is 5.05. The Balaban J connectivity index is 2.49. The predicted octanol–water partition coefficient (Wildman–Crippen LogP) is 1.88. The molecule has 0 saturated carbocycles. The van der Waals surface area contributed by atoms with E-state index < -0.39 is 0 Å². The molecule has 0 aromatic heterocycles. The summed E-state index contributed by atoms with van der Waals surface area (Å²) in [7, 11) is 0. The number of carbonyl (C=O) groups is 2. The summed E-state index contributed by atoms with van der Waals surface area (Å²) in [6, 6.07) is -0.350. The molecule has 2 unspecified atom stereocenters. The third-order valence-corrected chi connectivity index (χ3v) is 3.71. The number of thioether (sulfide) groups is 1. The van der Waals surface area contributed by atoms with E-state index in [0.717, 1.165) is 24.3 Å². The molecule has 0 amide bonds. The summed E-state index contributed by atoms with van der Waals surface area (Å²) in [6.45, 7) is 5.93. The molecule has 1 aliphatic heterocycles. The number of ketones is 1. The average Bonchev–Trinajstić information content (AvgIpc) is 2.59. The monoisotopic (exact) mass is 227 g/mol. The van der Waals surface area contributed by atoms with Crippen LogP contribution in [0.2, 0.25) is 0 Å². The van der Waals surface area contributed by atoms with Crippen LogP contribution in [0.25, 0.3) is 0 Å². The van der Waals surface area contributed by atoms with E-state index in [0.29, 0.717) is 6.29 Å². The van der Waals surface area contributed by atoms with Crippen LogP contribution in [0.4, 0.5) is 0 Å². The normalized spacial score (nSPS) is 25.0. The third kappa shape index (κ3) is 3.38. The second-order valence-electron chi connectivity index (χ2n) is 3.72. The fourth-order valence-corrected chi connectivity index (χ4v) is 2.88. The number of hydrogen-bond acceptors (Lipinski definition) is 4. The first-order valence-electron chi connectivity index (χ1n) is 5.30. The summed E-state index contributed by atoms with van der Waals surface area (Å²) in [5, 5.41) is 3.95. The zero-order chi connectivity index (χ0) is 11.3. The van der Waals surface area contributed by atoms with Crippen molar-refractivity contribution in [3.05, 3.63) is 11.6 Å². The van der Waals surface area contributed by atoms with Crippen LogP contribution in [0.1, 0.15) is 32.6 Å². The van der Waals surface area contributed by atoms with Crippen LogP contribution in [-0.2, 0) is 9.59 Å². The van der Waals surface area contributed by atoms with Gasteiger partial charge in [0, 0.05) is 5.25 Å². The van der Waals surface area contributed by atoms with Gasteiger partial charge in [-0.1, -0.05) is 32.8 Å². The van der Waals surface area contributed by atoms with E-state index in [9.17, 15) is 9.59 Å². The van der Waals surface area contributed by atoms with E-state index in [1.54, 1.807) is 11.8 Å². The Morgan fingerprint density at radius 3 is 2.93 bits per heavy atom. The highest BCUT2D eigenvalue weighted by Gasteiger charge is 2.34. The van der Waals surface area contributed by atoms with Gasteiger partial charge in [0.25, 0.3) is 0 Å². The van der Waals surface area contributed by atoms with Crippen molar-refractivity contribution in [2.24, 2.45) is 0 Å². The lowest BCUT2D eigenvalue weighted by molar-refractivity contribution is -0.131. The highest BCUT2D eigenvalue weighted by atomic mass is 32.2. The molecule has 1 heterocycles. The number of carbonyl (C=O) groups excluding carboxylic acids is 2. The molecule has 1 saturated heterocycles. The van der Waals surface area contributed by atoms with Gasteiger partial charge in [0.1, 0.15) is 6.04 Å². The molecule has 0 aromatic rings. The topological polar surface area (TPSA) is 46.2 Å². The molecule has 3 nitrogen and oxygen atoms in total. The molecular formula is C11H17NO2S. The Labute approximate surface area is 94.7 Å². The van der Waals surface area contributed by atoms with E-state index in [-0.39, 0.29) is 17.1 Å². The van der Waals surface area contributed by atoms with Gasteiger partial charge < -0.3 is 5.32 Å². The molecule has 1 aliphatic rings. The molecule has 0 aromatic carbocycles. The minimum Gasteiger partial charge on any atom is -0.369 e. The van der Waals surface area contributed by atoms with Crippen LogP contribution in [0.5, 0.6) is 0 Å². The maximum Gasteiger partial charge on any atom is 0.218 e. The van der Waals surface area contributed by atoms with Crippen LogP contribution in [0.15, 0.2) is 11.6 Å². The van der Waals surface area contributed by atoms with E-state index >= 15 is 0 Å². The molecule has 1 N–H and O–H groups in total. The summed E-state index contributed by atoms with van der Waals surface area (Å²) >= 11 is 1.58. The van der Waals surface area contributed by atoms with Gasteiger partial charge in [-0.15, -0.1) is 11.8 Å². The molecule has 0 aliphatic carbocycles. The lowest BCUT2D eigenvalue weighted by Crippen LogP contribution is -2.38. The van der Waals surface area contributed by atoms with Crippen molar-refractivity contribution in [3.8, 4) is 0 Å². The lowest BCUT2D eigenvalue weighted by Gasteiger charge is -2.13. The smallest absolute Gasteiger partial charge is 0.218 e. The highest BCUT2D eigenvalue weighted by Crippen LogP contribution is 2.32. The zero-order valence-electron chi connectivity index (χ0n) is 8.99. The van der Waals surface area contributed by atoms with Crippen molar-refractivity contribution in [2.75, 3.05) is 0 Å². The molecule has 84 valence electrons. The summed E-state index contributed by atoms with van der Waals surface area (Å²) in [6.07, 6.45) is 4.81. The van der Waals surface area contributed by atoms with Crippen LogP contribution < -0.4 is 5.32 Å². The SMILES string of the molecule is C=C1NC(C(=O)C=O)C(CCCCC)S1. The Bertz CT molecular complexity index is 265. The molecule has 0 bridgehead atoms. The fourth-order valence-electron chi connectivity index (χ4n) is 1.70. The van der Waals surface area contributed by atoms with Crippen LogP contribution in [0, 0.1) is 0 Å². The van der Waals surface area contributed by atoms with E-state index in [2.05, 4.69) is 18.8 Å². The van der Waals surface area contributed by atoms with Crippen LogP contribution >= 0.6 is 11.8 Å². The van der Waals surface area contributed by atoms with E-state index in [4.69, 9.17) is 0 Å². The fraction of sp³-hybridized carbons (Fsp3) is 0.636. The van der Waals surface area contributed by atoms with Gasteiger partial charge in [-0.3, -0.25) is 9.59 Å². The Morgan fingerprint density at radius 2 is 2.33 bits per heavy atom. The molecule has 15 heavy (non-hydrogen) atoms. The third-order valence-electron chi connectivity index (χ3n) is 2.50. The molecule has 1 fully saturated rings. The van der Waals surface area contributed by atoms with Crippen molar-refractivity contribution < 1.29 is 9.59 Å². The first-order valence-corrected chi connectivity index (χ1v) is 6.18. The first kappa shape index (κ1) is 12.3. The number of rotatable bonds is 6. The van der Waals surface area contributed by atoms with Gasteiger partial charge in [-0.05, 0) is 6.42 Å². The first-order chi connectivity index (χ1) is 7.19. The second kappa shape index (κ2) is 5.95. The summed E-state index contributed by atoms with van der Waals surface area (Å²) in [5.74, 6) is -0.359. The predicted molar refractivity (Wildman–Crippen MR) is 62.7 cm³/mol. The Kier molecular flexibility index (Phi) is 4.88. The van der Waals surface area contributed by atoms with Crippen molar-refractivity contribution in [3.63, 3.8) is 0 Å². The van der Waals surface area contributed by atoms with Gasteiger partial charge in [-0.25, -0.2) is 0 Å². The summed E-state index contributed by atoms with van der Waals surface area (Å²) < 4.78 is 0. The number of nitrogens with one attached hydrogen (secondary N) is 1. The number of Topliss-reactive ketones (excluding diaryl/α,β-unsaturated/α-hetero) is 1. The van der Waals surface area contributed by atoms with Crippen LogP contribution in [-0.4, -0.2) is 23.4 Å². The highest BCUT2D eigenvalue weighted by molar-refractivity contribution is 8.04. The number of unbranched alkanes of at least 4 members (excludes halogenated alkanes) is 2. The largest absolute Gasteiger partial charge is 0.369 e. The van der Waals surface area contributed by atoms with Gasteiger partial charge in [0.2, 0.25) is 5.78 Å².